The average Bonchev–Trinajstić information content (AvgIpc) is 2.49. The van der Waals surface area contributed by atoms with E-state index in [2.05, 4.69) is 11.1 Å². The largest absolute Gasteiger partial charge is 0.375 e. The van der Waals surface area contributed by atoms with Crippen LogP contribution in [0.2, 0.25) is 0 Å². The van der Waals surface area contributed by atoms with Gasteiger partial charge >= 0.3 is 0 Å². The van der Waals surface area contributed by atoms with Crippen molar-refractivity contribution >= 4 is 0 Å². The lowest BCUT2D eigenvalue weighted by Gasteiger charge is -2.04. The molecule has 12 heavy (non-hydrogen) atoms. The van der Waals surface area contributed by atoms with Gasteiger partial charge in [-0.15, -0.1) is 0 Å². The lowest BCUT2D eigenvalue weighted by atomic mass is 10.4. The summed E-state index contributed by atoms with van der Waals surface area (Å²) in [5.41, 5.74) is 1.07. The molecule has 0 unspecified atom stereocenters. The van der Waals surface area contributed by atoms with Crippen LogP contribution < -0.4 is 0 Å². The summed E-state index contributed by atoms with van der Waals surface area (Å²) in [4.78, 5) is 0. The van der Waals surface area contributed by atoms with Gasteiger partial charge in [0.1, 0.15) is 0 Å². The Bertz CT molecular complexity index is 226. The highest BCUT2D eigenvalue weighted by Crippen LogP contribution is 1.92. The summed E-state index contributed by atoms with van der Waals surface area (Å²) in [5, 5.41) is 0. The number of ether oxygens (including phenoxy) is 1. The van der Waals surface area contributed by atoms with Gasteiger partial charge in [-0.05, 0) is 19.1 Å². The van der Waals surface area contributed by atoms with Crippen LogP contribution in [0.3, 0.4) is 0 Å². The Morgan fingerprint density at radius 3 is 2.67 bits per heavy atom. The molecule has 66 valence electrons. The minimum absolute atomic E-state index is 0.668. The van der Waals surface area contributed by atoms with Crippen LogP contribution in [0.4, 0.5) is 0 Å². The molecule has 1 aromatic rings. The predicted molar refractivity (Wildman–Crippen MR) is 50.1 cm³/mol. The van der Waals surface area contributed by atoms with Crippen LogP contribution in [0.15, 0.2) is 36.7 Å². The third-order valence-electron chi connectivity index (χ3n) is 1.51. The number of hydrogen-bond donors (Lipinski definition) is 0. The summed E-state index contributed by atoms with van der Waals surface area (Å²) in [6.07, 6.45) is 4.06. The average molecular weight is 165 g/mol. The van der Waals surface area contributed by atoms with Gasteiger partial charge in [-0.25, -0.2) is 0 Å². The topological polar surface area (TPSA) is 14.2 Å². The molecule has 0 spiro atoms. The summed E-state index contributed by atoms with van der Waals surface area (Å²) >= 11 is 0. The smallest absolute Gasteiger partial charge is 0.0672 e. The summed E-state index contributed by atoms with van der Waals surface area (Å²) in [5.74, 6) is 0. The molecular weight excluding hydrogens is 150 g/mol. The highest BCUT2D eigenvalue weighted by molar-refractivity contribution is 4.90. The minimum atomic E-state index is 0.668. The van der Waals surface area contributed by atoms with E-state index in [1.54, 1.807) is 0 Å². The molecule has 2 nitrogen and oxygen atoms in total. The summed E-state index contributed by atoms with van der Waals surface area (Å²) < 4.78 is 7.44. The summed E-state index contributed by atoms with van der Waals surface area (Å²) in [6.45, 7) is 8.06. The number of aromatic nitrogens is 1. The zero-order chi connectivity index (χ0) is 8.81. The van der Waals surface area contributed by atoms with E-state index in [9.17, 15) is 0 Å². The Hall–Kier alpha value is -1.02. The lowest BCUT2D eigenvalue weighted by molar-refractivity contribution is 0.147. The van der Waals surface area contributed by atoms with E-state index in [4.69, 9.17) is 4.74 Å². The van der Waals surface area contributed by atoms with Crippen LogP contribution in [0, 0.1) is 0 Å². The fourth-order valence-electron chi connectivity index (χ4n) is 0.936. The number of rotatable bonds is 5. The van der Waals surface area contributed by atoms with Gasteiger partial charge in [0.25, 0.3) is 0 Å². The molecule has 1 aromatic heterocycles. The lowest BCUT2D eigenvalue weighted by Crippen LogP contribution is -2.05. The van der Waals surface area contributed by atoms with Crippen LogP contribution in [0.25, 0.3) is 0 Å². The maximum atomic E-state index is 5.35. The van der Waals surface area contributed by atoms with Crippen LogP contribution >= 0.6 is 0 Å². The Balaban J connectivity index is 2.07. The quantitative estimate of drug-likeness (QED) is 0.481. The van der Waals surface area contributed by atoms with Gasteiger partial charge in [-0.1, -0.05) is 12.2 Å². The van der Waals surface area contributed by atoms with Crippen molar-refractivity contribution in [3.8, 4) is 0 Å². The fourth-order valence-corrected chi connectivity index (χ4v) is 0.936. The molecule has 0 aliphatic heterocycles. The maximum Gasteiger partial charge on any atom is 0.0672 e. The number of hydrogen-bond acceptors (Lipinski definition) is 1. The normalized spacial score (nSPS) is 10.1. The van der Waals surface area contributed by atoms with Gasteiger partial charge in [0.2, 0.25) is 0 Å². The second kappa shape index (κ2) is 4.78. The summed E-state index contributed by atoms with van der Waals surface area (Å²) in [7, 11) is 0. The van der Waals surface area contributed by atoms with E-state index in [1.807, 2.05) is 31.5 Å². The van der Waals surface area contributed by atoms with Crippen molar-refractivity contribution in [1.82, 2.24) is 4.57 Å². The molecule has 0 fully saturated rings. The molecule has 1 rings (SSSR count). The van der Waals surface area contributed by atoms with E-state index < -0.39 is 0 Å². The van der Waals surface area contributed by atoms with Gasteiger partial charge in [0.05, 0.1) is 13.2 Å². The highest BCUT2D eigenvalue weighted by atomic mass is 16.5. The standard InChI is InChI=1S/C10H15NO/c1-10(2)9-12-8-7-11-5-3-4-6-11/h3-6H,1,7-9H2,2H3. The van der Waals surface area contributed by atoms with E-state index >= 15 is 0 Å². The molecule has 1 heterocycles. The van der Waals surface area contributed by atoms with E-state index in [0.717, 1.165) is 18.7 Å². The molecule has 2 heteroatoms. The SMILES string of the molecule is C=C(C)COCCn1cccc1. The Kier molecular flexibility index (Phi) is 3.61. The van der Waals surface area contributed by atoms with Gasteiger partial charge in [-0.3, -0.25) is 0 Å². The molecule has 0 N–H and O–H groups in total. The Morgan fingerprint density at radius 2 is 2.08 bits per heavy atom. The van der Waals surface area contributed by atoms with Gasteiger partial charge in [-0.2, -0.15) is 0 Å². The van der Waals surface area contributed by atoms with Crippen molar-refractivity contribution in [3.63, 3.8) is 0 Å². The highest BCUT2D eigenvalue weighted by Gasteiger charge is 1.89. The molecule has 0 aliphatic rings. The molecule has 0 atom stereocenters. The zero-order valence-corrected chi connectivity index (χ0v) is 7.49. The van der Waals surface area contributed by atoms with Crippen molar-refractivity contribution in [2.24, 2.45) is 0 Å². The molecular formula is C10H15NO. The van der Waals surface area contributed by atoms with Gasteiger partial charge < -0.3 is 9.30 Å². The monoisotopic (exact) mass is 165 g/mol. The zero-order valence-electron chi connectivity index (χ0n) is 7.49. The Labute approximate surface area is 73.5 Å². The van der Waals surface area contributed by atoms with Gasteiger partial charge in [0, 0.05) is 18.9 Å². The van der Waals surface area contributed by atoms with Crippen molar-refractivity contribution < 1.29 is 4.74 Å². The van der Waals surface area contributed by atoms with Gasteiger partial charge in [0.15, 0.2) is 0 Å². The second-order valence-corrected chi connectivity index (χ2v) is 2.93. The first-order valence-electron chi connectivity index (χ1n) is 4.12. The minimum Gasteiger partial charge on any atom is -0.375 e. The molecule has 0 amide bonds. The summed E-state index contributed by atoms with van der Waals surface area (Å²) in [6, 6.07) is 4.03. The van der Waals surface area contributed by atoms with Crippen molar-refractivity contribution in [2.45, 2.75) is 13.5 Å². The number of nitrogens with zero attached hydrogens (tertiary/aromatic N) is 1. The first kappa shape index (κ1) is 9.07. The molecule has 0 saturated carbocycles. The maximum absolute atomic E-state index is 5.35. The third kappa shape index (κ3) is 3.39. The van der Waals surface area contributed by atoms with Crippen LogP contribution in [-0.4, -0.2) is 17.8 Å². The van der Waals surface area contributed by atoms with Crippen molar-refractivity contribution in [2.75, 3.05) is 13.2 Å². The fraction of sp³-hybridized carbons (Fsp3) is 0.400. The van der Waals surface area contributed by atoms with E-state index in [-0.39, 0.29) is 0 Å². The van der Waals surface area contributed by atoms with E-state index in [0.29, 0.717) is 6.61 Å². The third-order valence-corrected chi connectivity index (χ3v) is 1.51. The molecule has 0 aromatic carbocycles. The predicted octanol–water partition coefficient (Wildman–Crippen LogP) is 2.08. The first-order chi connectivity index (χ1) is 5.79. The first-order valence-corrected chi connectivity index (χ1v) is 4.12. The molecule has 0 saturated heterocycles. The van der Waals surface area contributed by atoms with Crippen molar-refractivity contribution in [1.29, 1.82) is 0 Å². The van der Waals surface area contributed by atoms with Crippen LogP contribution in [0.1, 0.15) is 6.92 Å². The second-order valence-electron chi connectivity index (χ2n) is 2.93. The van der Waals surface area contributed by atoms with E-state index in [1.165, 1.54) is 0 Å². The molecule has 0 aliphatic carbocycles. The van der Waals surface area contributed by atoms with Crippen molar-refractivity contribution in [3.05, 3.63) is 36.7 Å². The Morgan fingerprint density at radius 1 is 1.42 bits per heavy atom. The molecule has 0 bridgehead atoms. The van der Waals surface area contributed by atoms with Crippen LogP contribution in [-0.2, 0) is 11.3 Å². The van der Waals surface area contributed by atoms with Crippen LogP contribution in [0.5, 0.6) is 0 Å². The molecule has 0 radical (unpaired) electrons.